The van der Waals surface area contributed by atoms with Crippen LogP contribution in [0.3, 0.4) is 0 Å². The molecule has 1 heterocycles. The smallest absolute Gasteiger partial charge is 0.290 e. The molecule has 1 aromatic rings. The minimum atomic E-state index is -0.250. The molecular weight excluding hydrogens is 348 g/mol. The van der Waals surface area contributed by atoms with Gasteiger partial charge < -0.3 is 20.3 Å². The molecule has 0 aromatic heterocycles. The number of hydrogen-bond donors (Lipinski definition) is 3. The molecule has 7 nitrogen and oxygen atoms in total. The van der Waals surface area contributed by atoms with Crippen LogP contribution in [0.1, 0.15) is 30.9 Å². The summed E-state index contributed by atoms with van der Waals surface area (Å²) in [6.07, 6.45) is 3.83. The molecule has 1 aliphatic carbocycles. The molecule has 1 saturated carbocycles. The van der Waals surface area contributed by atoms with Crippen LogP contribution < -0.4 is 5.32 Å². The summed E-state index contributed by atoms with van der Waals surface area (Å²) in [4.78, 5) is 19.3. The predicted molar refractivity (Wildman–Crippen MR) is 104 cm³/mol. The Kier molecular flexibility index (Phi) is 10.6. The van der Waals surface area contributed by atoms with E-state index >= 15 is 0 Å². The third kappa shape index (κ3) is 8.51. The van der Waals surface area contributed by atoms with Crippen LogP contribution in [0.15, 0.2) is 24.3 Å². The topological polar surface area (TPSA) is 99.1 Å². The SMILES string of the molecule is COCC1(CNC(C)CN2CCc3ccccc3C2)CC1.O=CO.O=CO. The Morgan fingerprint density at radius 2 is 1.81 bits per heavy atom. The molecule has 1 atom stereocenters. The number of fused-ring (bicyclic) bond motifs is 1. The van der Waals surface area contributed by atoms with Crippen molar-refractivity contribution >= 4 is 12.9 Å². The lowest BCUT2D eigenvalue weighted by atomic mass is 9.99. The van der Waals surface area contributed by atoms with Crippen LogP contribution in [0.2, 0.25) is 0 Å². The monoisotopic (exact) mass is 380 g/mol. The first-order valence-electron chi connectivity index (χ1n) is 9.21. The van der Waals surface area contributed by atoms with Gasteiger partial charge in [0.2, 0.25) is 0 Å². The van der Waals surface area contributed by atoms with Crippen LogP contribution in [0.5, 0.6) is 0 Å². The molecule has 1 fully saturated rings. The van der Waals surface area contributed by atoms with E-state index in [-0.39, 0.29) is 12.9 Å². The molecule has 0 radical (unpaired) electrons. The highest BCUT2D eigenvalue weighted by molar-refractivity contribution is 5.33. The van der Waals surface area contributed by atoms with Gasteiger partial charge in [-0.1, -0.05) is 24.3 Å². The molecule has 3 rings (SSSR count). The van der Waals surface area contributed by atoms with Gasteiger partial charge in [-0.15, -0.1) is 0 Å². The number of carbonyl (C=O) groups is 2. The fraction of sp³-hybridized carbons (Fsp3) is 0.600. The zero-order chi connectivity index (χ0) is 20.1. The molecule has 1 aliphatic heterocycles. The first-order valence-corrected chi connectivity index (χ1v) is 9.21. The summed E-state index contributed by atoms with van der Waals surface area (Å²) >= 11 is 0. The molecule has 7 heteroatoms. The number of hydrogen-bond acceptors (Lipinski definition) is 5. The minimum Gasteiger partial charge on any atom is -0.483 e. The molecule has 0 bridgehead atoms. The van der Waals surface area contributed by atoms with Gasteiger partial charge in [0.1, 0.15) is 0 Å². The van der Waals surface area contributed by atoms with E-state index in [4.69, 9.17) is 24.5 Å². The van der Waals surface area contributed by atoms with E-state index < -0.39 is 0 Å². The van der Waals surface area contributed by atoms with E-state index in [0.717, 1.165) is 26.2 Å². The summed E-state index contributed by atoms with van der Waals surface area (Å²) in [5, 5.41) is 17.5. The molecule has 0 amide bonds. The first-order chi connectivity index (χ1) is 13.0. The van der Waals surface area contributed by atoms with E-state index in [9.17, 15) is 0 Å². The molecule has 2 aliphatic rings. The van der Waals surface area contributed by atoms with Gasteiger partial charge in [0.15, 0.2) is 0 Å². The molecule has 0 spiro atoms. The van der Waals surface area contributed by atoms with Crippen LogP contribution in [0.25, 0.3) is 0 Å². The van der Waals surface area contributed by atoms with Crippen molar-refractivity contribution in [1.29, 1.82) is 0 Å². The van der Waals surface area contributed by atoms with Gasteiger partial charge in [-0.25, -0.2) is 0 Å². The molecule has 1 aromatic carbocycles. The van der Waals surface area contributed by atoms with Crippen molar-refractivity contribution in [3.8, 4) is 0 Å². The second kappa shape index (κ2) is 12.4. The summed E-state index contributed by atoms with van der Waals surface area (Å²) in [6.45, 7) is 7.24. The number of benzene rings is 1. The van der Waals surface area contributed by atoms with Crippen molar-refractivity contribution in [2.45, 2.75) is 38.8 Å². The normalized spacial score (nSPS) is 17.9. The number of carboxylic acid groups (broad SMARTS) is 2. The maximum absolute atomic E-state index is 8.36. The Morgan fingerprint density at radius 3 is 2.37 bits per heavy atom. The molecule has 1 unspecified atom stereocenters. The lowest BCUT2D eigenvalue weighted by molar-refractivity contribution is -0.123. The third-order valence-electron chi connectivity index (χ3n) is 4.97. The average molecular weight is 380 g/mol. The van der Waals surface area contributed by atoms with Gasteiger partial charge in [-0.3, -0.25) is 14.5 Å². The first kappa shape index (κ1) is 23.1. The molecular formula is C20H32N2O5. The largest absolute Gasteiger partial charge is 0.483 e. The van der Waals surface area contributed by atoms with Crippen molar-refractivity contribution < 1.29 is 24.5 Å². The quantitative estimate of drug-likeness (QED) is 0.621. The molecule has 152 valence electrons. The molecule has 3 N–H and O–H groups in total. The third-order valence-corrected chi connectivity index (χ3v) is 4.97. The van der Waals surface area contributed by atoms with Crippen LogP contribution >= 0.6 is 0 Å². The highest BCUT2D eigenvalue weighted by atomic mass is 16.5. The number of rotatable bonds is 7. The summed E-state index contributed by atoms with van der Waals surface area (Å²) < 4.78 is 5.34. The zero-order valence-corrected chi connectivity index (χ0v) is 16.3. The van der Waals surface area contributed by atoms with Crippen LogP contribution in [0, 0.1) is 5.41 Å². The lowest BCUT2D eigenvalue weighted by Crippen LogP contribution is -2.43. The van der Waals surface area contributed by atoms with E-state index in [2.05, 4.69) is 41.4 Å². The summed E-state index contributed by atoms with van der Waals surface area (Å²) in [7, 11) is 1.81. The van der Waals surface area contributed by atoms with Crippen molar-refractivity contribution in [2.75, 3.05) is 33.4 Å². The Hall–Kier alpha value is -1.96. The zero-order valence-electron chi connectivity index (χ0n) is 16.3. The highest BCUT2D eigenvalue weighted by Crippen LogP contribution is 2.45. The van der Waals surface area contributed by atoms with Gasteiger partial charge in [0.25, 0.3) is 12.9 Å². The number of nitrogens with zero attached hydrogens (tertiary/aromatic N) is 1. The summed E-state index contributed by atoms with van der Waals surface area (Å²) in [5.41, 5.74) is 3.48. The van der Waals surface area contributed by atoms with Crippen molar-refractivity contribution in [3.05, 3.63) is 35.4 Å². The highest BCUT2D eigenvalue weighted by Gasteiger charge is 2.42. The van der Waals surface area contributed by atoms with Crippen LogP contribution in [-0.4, -0.2) is 67.5 Å². The Bertz CT molecular complexity index is 557. The number of nitrogens with one attached hydrogen (secondary N) is 1. The number of ether oxygens (including phenoxy) is 1. The summed E-state index contributed by atoms with van der Waals surface area (Å²) in [6, 6.07) is 9.41. The number of methoxy groups -OCH3 is 1. The van der Waals surface area contributed by atoms with E-state index in [1.807, 2.05) is 7.11 Å². The van der Waals surface area contributed by atoms with E-state index in [1.165, 1.54) is 36.9 Å². The predicted octanol–water partition coefficient (Wildman–Crippen LogP) is 1.85. The fourth-order valence-corrected chi connectivity index (χ4v) is 3.41. The Balaban J connectivity index is 0.000000540. The van der Waals surface area contributed by atoms with E-state index in [1.54, 1.807) is 0 Å². The van der Waals surface area contributed by atoms with Crippen LogP contribution in [0.4, 0.5) is 0 Å². The van der Waals surface area contributed by atoms with Gasteiger partial charge in [0, 0.05) is 44.7 Å². The average Bonchev–Trinajstić information content (AvgIpc) is 3.42. The van der Waals surface area contributed by atoms with Crippen molar-refractivity contribution in [1.82, 2.24) is 10.2 Å². The van der Waals surface area contributed by atoms with Crippen LogP contribution in [-0.2, 0) is 27.3 Å². The Morgan fingerprint density at radius 1 is 1.22 bits per heavy atom. The second-order valence-electron chi connectivity index (χ2n) is 7.18. The molecule has 0 saturated heterocycles. The standard InChI is InChI=1S/C18H28N2O.2CH2O2/c1-15(19-13-18(8-9-18)14-21-2)11-20-10-7-16-5-3-4-6-17(16)12-20;2*2-1-3/h3-6,15,19H,7-14H2,1-2H3;2*1H,(H,2,3). The van der Waals surface area contributed by atoms with Gasteiger partial charge in [-0.05, 0) is 37.3 Å². The summed E-state index contributed by atoms with van der Waals surface area (Å²) in [5.74, 6) is 0. The van der Waals surface area contributed by atoms with Gasteiger partial charge in [0.05, 0.1) is 6.61 Å². The fourth-order valence-electron chi connectivity index (χ4n) is 3.41. The maximum atomic E-state index is 8.36. The van der Waals surface area contributed by atoms with Crippen molar-refractivity contribution in [3.63, 3.8) is 0 Å². The maximum Gasteiger partial charge on any atom is 0.290 e. The van der Waals surface area contributed by atoms with Gasteiger partial charge >= 0.3 is 0 Å². The van der Waals surface area contributed by atoms with E-state index in [0.29, 0.717) is 11.5 Å². The van der Waals surface area contributed by atoms with Crippen molar-refractivity contribution in [2.24, 2.45) is 5.41 Å². The minimum absolute atomic E-state index is 0.250. The Labute approximate surface area is 161 Å². The van der Waals surface area contributed by atoms with Gasteiger partial charge in [-0.2, -0.15) is 0 Å². The molecule has 27 heavy (non-hydrogen) atoms. The lowest BCUT2D eigenvalue weighted by Gasteiger charge is -2.31. The second-order valence-corrected chi connectivity index (χ2v) is 7.18.